The molecule has 16 heavy (non-hydrogen) atoms. The minimum Gasteiger partial charge on any atom is -0.389 e. The van der Waals surface area contributed by atoms with Crippen molar-refractivity contribution in [2.24, 2.45) is 5.73 Å². The topological polar surface area (TPSA) is 64.1 Å². The predicted octanol–water partition coefficient (Wildman–Crippen LogP) is 1.33. The van der Waals surface area contributed by atoms with E-state index in [1.165, 1.54) is 0 Å². The second-order valence-corrected chi connectivity index (χ2v) is 4.28. The summed E-state index contributed by atoms with van der Waals surface area (Å²) in [6, 6.07) is 0. The number of aromatic nitrogens is 2. The minimum absolute atomic E-state index is 0.341. The van der Waals surface area contributed by atoms with Crippen LogP contribution in [0.4, 0.5) is 0 Å². The first-order chi connectivity index (χ1) is 7.65. The summed E-state index contributed by atoms with van der Waals surface area (Å²) in [5.41, 5.74) is 4.88. The summed E-state index contributed by atoms with van der Waals surface area (Å²) >= 11 is 0. The normalized spacial score (nSPS) is 15.0. The SMILES string of the molecule is CCc1nccn1CCCC(O)(CC)CN. The lowest BCUT2D eigenvalue weighted by Crippen LogP contribution is -2.37. The highest BCUT2D eigenvalue weighted by atomic mass is 16.3. The van der Waals surface area contributed by atoms with Crippen LogP contribution in [0, 0.1) is 0 Å². The molecule has 1 aromatic heterocycles. The Morgan fingerprint density at radius 3 is 2.81 bits per heavy atom. The molecule has 0 bridgehead atoms. The molecule has 0 fully saturated rings. The largest absolute Gasteiger partial charge is 0.389 e. The van der Waals surface area contributed by atoms with E-state index in [1.807, 2.05) is 19.3 Å². The molecule has 1 aromatic rings. The van der Waals surface area contributed by atoms with Crippen molar-refractivity contribution < 1.29 is 5.11 Å². The van der Waals surface area contributed by atoms with E-state index >= 15 is 0 Å². The van der Waals surface area contributed by atoms with Crippen molar-refractivity contribution in [2.75, 3.05) is 6.54 Å². The monoisotopic (exact) mass is 225 g/mol. The summed E-state index contributed by atoms with van der Waals surface area (Å²) in [7, 11) is 0. The molecule has 1 rings (SSSR count). The van der Waals surface area contributed by atoms with Gasteiger partial charge in [-0.25, -0.2) is 4.98 Å². The Hall–Kier alpha value is -0.870. The van der Waals surface area contributed by atoms with E-state index in [2.05, 4.69) is 16.5 Å². The second kappa shape index (κ2) is 6.01. The van der Waals surface area contributed by atoms with Gasteiger partial charge >= 0.3 is 0 Å². The number of nitrogens with zero attached hydrogens (tertiary/aromatic N) is 2. The fourth-order valence-corrected chi connectivity index (χ4v) is 1.86. The Morgan fingerprint density at radius 1 is 1.50 bits per heavy atom. The Morgan fingerprint density at radius 2 is 2.25 bits per heavy atom. The number of hydrogen-bond acceptors (Lipinski definition) is 3. The standard InChI is InChI=1S/C12H23N3O/c1-3-11-14-7-9-15(11)8-5-6-12(16,4-2)10-13/h7,9,16H,3-6,8,10,13H2,1-2H3. The van der Waals surface area contributed by atoms with Crippen molar-refractivity contribution in [1.29, 1.82) is 0 Å². The fourth-order valence-electron chi connectivity index (χ4n) is 1.86. The summed E-state index contributed by atoms with van der Waals surface area (Å²) < 4.78 is 2.15. The molecule has 4 heteroatoms. The van der Waals surface area contributed by atoms with Gasteiger partial charge in [-0.3, -0.25) is 0 Å². The summed E-state index contributed by atoms with van der Waals surface area (Å²) in [4.78, 5) is 4.27. The van der Waals surface area contributed by atoms with Crippen LogP contribution >= 0.6 is 0 Å². The van der Waals surface area contributed by atoms with Gasteiger partial charge in [-0.05, 0) is 19.3 Å². The zero-order valence-corrected chi connectivity index (χ0v) is 10.3. The van der Waals surface area contributed by atoms with Gasteiger partial charge in [0.15, 0.2) is 0 Å². The van der Waals surface area contributed by atoms with Crippen molar-refractivity contribution in [3.05, 3.63) is 18.2 Å². The van der Waals surface area contributed by atoms with Crippen LogP contribution in [-0.4, -0.2) is 26.8 Å². The highest BCUT2D eigenvalue weighted by Crippen LogP contribution is 2.16. The molecule has 1 unspecified atom stereocenters. The number of hydrogen-bond donors (Lipinski definition) is 2. The maximum absolute atomic E-state index is 10.0. The first-order valence-electron chi connectivity index (χ1n) is 6.07. The molecule has 1 atom stereocenters. The molecule has 0 aliphatic carbocycles. The highest BCUT2D eigenvalue weighted by molar-refractivity contribution is 4.91. The number of nitrogens with two attached hydrogens (primary N) is 1. The van der Waals surface area contributed by atoms with Crippen LogP contribution in [0.3, 0.4) is 0 Å². The van der Waals surface area contributed by atoms with Crippen molar-refractivity contribution in [1.82, 2.24) is 9.55 Å². The van der Waals surface area contributed by atoms with Gasteiger partial charge in [0.2, 0.25) is 0 Å². The number of imidazole rings is 1. The van der Waals surface area contributed by atoms with Crippen molar-refractivity contribution in [3.63, 3.8) is 0 Å². The van der Waals surface area contributed by atoms with Gasteiger partial charge in [-0.2, -0.15) is 0 Å². The maximum Gasteiger partial charge on any atom is 0.108 e. The molecule has 0 spiro atoms. The second-order valence-electron chi connectivity index (χ2n) is 4.28. The summed E-state index contributed by atoms with van der Waals surface area (Å²) in [6.45, 7) is 5.32. The van der Waals surface area contributed by atoms with Crippen molar-refractivity contribution >= 4 is 0 Å². The van der Waals surface area contributed by atoms with Crippen LogP contribution < -0.4 is 5.73 Å². The molecule has 1 heterocycles. The lowest BCUT2D eigenvalue weighted by Gasteiger charge is -2.24. The molecule has 0 aliphatic rings. The molecule has 0 aliphatic heterocycles. The van der Waals surface area contributed by atoms with E-state index in [9.17, 15) is 5.11 Å². The molecule has 0 saturated carbocycles. The van der Waals surface area contributed by atoms with Crippen LogP contribution in [0.2, 0.25) is 0 Å². The van der Waals surface area contributed by atoms with Crippen molar-refractivity contribution in [2.45, 2.75) is 51.7 Å². The van der Waals surface area contributed by atoms with E-state index in [0.29, 0.717) is 13.0 Å². The number of rotatable bonds is 7. The lowest BCUT2D eigenvalue weighted by atomic mass is 9.95. The van der Waals surface area contributed by atoms with Gasteiger partial charge in [0.1, 0.15) is 5.82 Å². The Kier molecular flexibility index (Phi) is 4.96. The van der Waals surface area contributed by atoms with Gasteiger partial charge in [0.25, 0.3) is 0 Å². The fraction of sp³-hybridized carbons (Fsp3) is 0.750. The Bertz CT molecular complexity index is 305. The zero-order valence-electron chi connectivity index (χ0n) is 10.3. The van der Waals surface area contributed by atoms with Crippen LogP contribution in [-0.2, 0) is 13.0 Å². The molecule has 0 aromatic carbocycles. The molecule has 0 amide bonds. The van der Waals surface area contributed by atoms with Crippen molar-refractivity contribution in [3.8, 4) is 0 Å². The summed E-state index contributed by atoms with van der Waals surface area (Å²) in [5.74, 6) is 1.10. The Balaban J connectivity index is 2.41. The molecule has 4 nitrogen and oxygen atoms in total. The van der Waals surface area contributed by atoms with Gasteiger partial charge in [0.05, 0.1) is 5.60 Å². The van der Waals surface area contributed by atoms with Gasteiger partial charge in [-0.15, -0.1) is 0 Å². The summed E-state index contributed by atoms with van der Waals surface area (Å²) in [5, 5.41) is 10.0. The quantitative estimate of drug-likeness (QED) is 0.735. The van der Waals surface area contributed by atoms with Gasteiger partial charge in [0, 0.05) is 31.9 Å². The van der Waals surface area contributed by atoms with E-state index in [4.69, 9.17) is 5.73 Å². The van der Waals surface area contributed by atoms with Crippen LogP contribution in [0.5, 0.6) is 0 Å². The van der Waals surface area contributed by atoms with E-state index in [0.717, 1.165) is 31.6 Å². The maximum atomic E-state index is 10.0. The van der Waals surface area contributed by atoms with E-state index in [-0.39, 0.29) is 0 Å². The zero-order chi connectivity index (χ0) is 12.0. The van der Waals surface area contributed by atoms with Crippen LogP contribution in [0.1, 0.15) is 38.9 Å². The van der Waals surface area contributed by atoms with E-state index in [1.54, 1.807) is 0 Å². The van der Waals surface area contributed by atoms with Gasteiger partial charge in [-0.1, -0.05) is 13.8 Å². The predicted molar refractivity (Wildman–Crippen MR) is 65.1 cm³/mol. The third-order valence-corrected chi connectivity index (χ3v) is 3.20. The third-order valence-electron chi connectivity index (χ3n) is 3.20. The average Bonchev–Trinajstić information content (AvgIpc) is 2.76. The van der Waals surface area contributed by atoms with Gasteiger partial charge < -0.3 is 15.4 Å². The molecular weight excluding hydrogens is 202 g/mol. The lowest BCUT2D eigenvalue weighted by molar-refractivity contribution is 0.0333. The van der Waals surface area contributed by atoms with Crippen LogP contribution in [0.15, 0.2) is 12.4 Å². The third kappa shape index (κ3) is 3.32. The van der Waals surface area contributed by atoms with E-state index < -0.39 is 5.60 Å². The Labute approximate surface area is 97.5 Å². The highest BCUT2D eigenvalue weighted by Gasteiger charge is 2.21. The molecule has 0 saturated heterocycles. The molecule has 0 radical (unpaired) electrons. The number of aliphatic hydroxyl groups is 1. The first kappa shape index (κ1) is 13.2. The molecule has 92 valence electrons. The van der Waals surface area contributed by atoms with Crippen LogP contribution in [0.25, 0.3) is 0 Å². The summed E-state index contributed by atoms with van der Waals surface area (Å²) in [6.07, 6.45) is 7.17. The first-order valence-corrected chi connectivity index (χ1v) is 6.07. The number of aryl methyl sites for hydroxylation is 2. The molecular formula is C12H23N3O. The molecule has 3 N–H and O–H groups in total. The average molecular weight is 225 g/mol. The smallest absolute Gasteiger partial charge is 0.108 e. The minimum atomic E-state index is -0.688.